The maximum Gasteiger partial charge on any atom is 0.195 e. The van der Waals surface area contributed by atoms with Gasteiger partial charge in [-0.2, -0.15) is 0 Å². The third-order valence-electron chi connectivity index (χ3n) is 16.4. The fourth-order valence-corrected chi connectivity index (χ4v) is 12.1. The molecule has 12 aromatic carbocycles. The Morgan fingerprint density at radius 2 is 0.356 bits per heavy atom. The summed E-state index contributed by atoms with van der Waals surface area (Å²) in [5, 5.41) is 0. The summed E-state index contributed by atoms with van der Waals surface area (Å²) in [7, 11) is 0. The second-order valence-electron chi connectivity index (χ2n) is 21.7. The molecule has 0 radical (unpaired) electrons. The average molecular weight is 1110 g/mol. The zero-order valence-electron chi connectivity index (χ0n) is 47.6. The van der Waals surface area contributed by atoms with Crippen molar-refractivity contribution in [3.05, 3.63) is 383 Å². The molecule has 3 heteroatoms. The molecular weight excluding hydrogens is 1060 g/mol. The van der Waals surface area contributed by atoms with Crippen molar-refractivity contribution in [2.75, 3.05) is 0 Å². The number of Topliss-reactive ketones (excluding diaryl/α,β-unsaturated/α-hetero) is 2. The fourth-order valence-electron chi connectivity index (χ4n) is 12.1. The van der Waals surface area contributed by atoms with Gasteiger partial charge in [-0.05, 0) is 113 Å². The van der Waals surface area contributed by atoms with Gasteiger partial charge in [-0.15, -0.1) is 0 Å². The zero-order valence-corrected chi connectivity index (χ0v) is 47.6. The number of allylic oxidation sites excluding steroid dienone is 8. The standard InChI is InChI=1S/C84H56O3/c85-83-79(65-27-15-5-16-28-65)75(67-43-37-62(38-44-67)59-21-9-2-10-22-59)77(81(83)71-35-33-58(34-36-71)32-31-57-19-7-1-8-20-57)69-49-53-73(54-50-69)87-74-55-51-70(52-56-74)78-76(68-45-39-63(40-46-68)60-23-11-3-12-24-60)80(66-29-17-6-18-30-66)84(86)82(78)72-47-41-64(42-48-72)61-25-13-4-14-26-61/h1-56H. The molecule has 2 aliphatic rings. The van der Waals surface area contributed by atoms with Gasteiger partial charge < -0.3 is 4.74 Å². The smallest absolute Gasteiger partial charge is 0.195 e. The lowest BCUT2D eigenvalue weighted by molar-refractivity contribution is -0.109. The molecule has 3 nitrogen and oxygen atoms in total. The number of hydrogen-bond donors (Lipinski definition) is 0. The normalized spacial score (nSPS) is 13.3. The topological polar surface area (TPSA) is 43.4 Å². The van der Waals surface area contributed by atoms with Crippen molar-refractivity contribution in [3.63, 3.8) is 0 Å². The van der Waals surface area contributed by atoms with E-state index in [-0.39, 0.29) is 11.6 Å². The van der Waals surface area contributed by atoms with Gasteiger partial charge in [0.15, 0.2) is 11.6 Å². The highest BCUT2D eigenvalue weighted by atomic mass is 16.5. The first-order valence-corrected chi connectivity index (χ1v) is 29.4. The molecule has 0 saturated carbocycles. The lowest BCUT2D eigenvalue weighted by atomic mass is 9.88. The summed E-state index contributed by atoms with van der Waals surface area (Å²) in [5.41, 5.74) is 21.9. The van der Waals surface area contributed by atoms with Crippen LogP contribution >= 0.6 is 0 Å². The summed E-state index contributed by atoms with van der Waals surface area (Å²) < 4.78 is 6.72. The molecular formula is C84H56O3. The summed E-state index contributed by atoms with van der Waals surface area (Å²) >= 11 is 0. The van der Waals surface area contributed by atoms with Crippen LogP contribution in [-0.2, 0) is 9.59 Å². The molecule has 0 aliphatic heterocycles. The van der Waals surface area contributed by atoms with Gasteiger partial charge in [-0.25, -0.2) is 0 Å². The van der Waals surface area contributed by atoms with E-state index in [1.807, 2.05) is 133 Å². The van der Waals surface area contributed by atoms with Crippen LogP contribution in [0, 0.1) is 0 Å². The van der Waals surface area contributed by atoms with Crippen LogP contribution in [0.1, 0.15) is 55.6 Å². The lowest BCUT2D eigenvalue weighted by Crippen LogP contribution is -2.02. The summed E-state index contributed by atoms with van der Waals surface area (Å²) in [5.74, 6) is 1.21. The number of carbonyl (C=O) groups excluding carboxylic acids is 2. The highest BCUT2D eigenvalue weighted by molar-refractivity contribution is 6.60. The Hall–Kier alpha value is -11.5. The Balaban J connectivity index is 0.844. The third-order valence-corrected chi connectivity index (χ3v) is 16.4. The zero-order chi connectivity index (χ0) is 58.5. The minimum Gasteiger partial charge on any atom is -0.457 e. The first-order chi connectivity index (χ1) is 43.0. The minimum atomic E-state index is -0.0316. The van der Waals surface area contributed by atoms with Crippen LogP contribution in [0.5, 0.6) is 11.5 Å². The van der Waals surface area contributed by atoms with Gasteiger partial charge in [0, 0.05) is 44.6 Å². The summed E-state index contributed by atoms with van der Waals surface area (Å²) in [4.78, 5) is 30.9. The minimum absolute atomic E-state index is 0.0282. The molecule has 0 atom stereocenters. The van der Waals surface area contributed by atoms with Crippen molar-refractivity contribution in [1.29, 1.82) is 0 Å². The van der Waals surface area contributed by atoms with Crippen molar-refractivity contribution in [2.45, 2.75) is 0 Å². The second-order valence-corrected chi connectivity index (χ2v) is 21.7. The number of carbonyl (C=O) groups is 2. The van der Waals surface area contributed by atoms with Gasteiger partial charge in [0.2, 0.25) is 0 Å². The maximum atomic E-state index is 15.5. The van der Waals surface area contributed by atoms with Crippen LogP contribution < -0.4 is 4.74 Å². The number of rotatable bonds is 15. The molecule has 0 bridgehead atoms. The van der Waals surface area contributed by atoms with E-state index in [0.717, 1.165) is 111 Å². The van der Waals surface area contributed by atoms with Crippen LogP contribution in [0.3, 0.4) is 0 Å². The van der Waals surface area contributed by atoms with E-state index in [1.54, 1.807) is 0 Å². The van der Waals surface area contributed by atoms with Crippen molar-refractivity contribution in [2.24, 2.45) is 0 Å². The van der Waals surface area contributed by atoms with Gasteiger partial charge in [0.05, 0.1) is 0 Å². The summed E-state index contributed by atoms with van der Waals surface area (Å²) in [6.07, 6.45) is 4.20. The molecule has 0 spiro atoms. The molecule has 14 rings (SSSR count). The van der Waals surface area contributed by atoms with Gasteiger partial charge in [0.25, 0.3) is 0 Å². The van der Waals surface area contributed by atoms with Crippen LogP contribution in [0.4, 0.5) is 0 Å². The first-order valence-electron chi connectivity index (χ1n) is 29.4. The van der Waals surface area contributed by atoms with E-state index in [0.29, 0.717) is 33.8 Å². The molecule has 87 heavy (non-hydrogen) atoms. The van der Waals surface area contributed by atoms with Crippen molar-refractivity contribution >= 4 is 68.3 Å². The molecule has 0 heterocycles. The van der Waals surface area contributed by atoms with Gasteiger partial charge in [0.1, 0.15) is 11.5 Å². The van der Waals surface area contributed by atoms with Crippen LogP contribution in [-0.4, -0.2) is 11.6 Å². The highest BCUT2D eigenvalue weighted by Crippen LogP contribution is 2.52. The molecule has 0 unspecified atom stereocenters. The number of benzene rings is 12. The molecule has 0 aromatic heterocycles. The Kier molecular flexibility index (Phi) is 14.7. The second kappa shape index (κ2) is 24.0. The first kappa shape index (κ1) is 53.5. The molecule has 2 aliphatic carbocycles. The predicted octanol–water partition coefficient (Wildman–Crippen LogP) is 20.9. The third kappa shape index (κ3) is 10.9. The number of ether oxygens (including phenoxy) is 1. The monoisotopic (exact) mass is 1110 g/mol. The number of hydrogen-bond acceptors (Lipinski definition) is 3. The van der Waals surface area contributed by atoms with Crippen LogP contribution in [0.15, 0.2) is 328 Å². The maximum absolute atomic E-state index is 15.5. The summed E-state index contributed by atoms with van der Waals surface area (Å²) in [6, 6.07) is 111. The molecule has 0 N–H and O–H groups in total. The van der Waals surface area contributed by atoms with Crippen LogP contribution in [0.2, 0.25) is 0 Å². The van der Waals surface area contributed by atoms with E-state index in [2.05, 4.69) is 206 Å². The van der Waals surface area contributed by atoms with Crippen molar-refractivity contribution in [3.8, 4) is 44.9 Å². The lowest BCUT2D eigenvalue weighted by Gasteiger charge is -2.16. The van der Waals surface area contributed by atoms with E-state index >= 15 is 9.59 Å². The summed E-state index contributed by atoms with van der Waals surface area (Å²) in [6.45, 7) is 0. The average Bonchev–Trinajstić information content (AvgIpc) is 2.49. The Morgan fingerprint density at radius 3 is 0.644 bits per heavy atom. The predicted molar refractivity (Wildman–Crippen MR) is 361 cm³/mol. The quantitative estimate of drug-likeness (QED) is 0.0961. The SMILES string of the molecule is O=C1C(c2ccc(C=Cc3ccccc3)cc2)=C(c2ccc(Oc3ccc(C4=C(c5ccc(-c6ccccc6)cc5)C(=O)C(c5ccccc5)=C4c4ccc(-c5ccccc5)cc4)cc3)cc2)C(c2ccc(-c3ccccc3)cc2)=C1c1ccccc1. The van der Waals surface area contributed by atoms with Gasteiger partial charge in [-0.3, -0.25) is 9.59 Å². The Labute approximate surface area is 507 Å². The molecule has 0 amide bonds. The van der Waals surface area contributed by atoms with E-state index in [4.69, 9.17) is 4.74 Å². The Morgan fingerprint density at radius 1 is 0.172 bits per heavy atom. The molecule has 410 valence electrons. The largest absolute Gasteiger partial charge is 0.457 e. The Bertz CT molecular complexity index is 4640. The fraction of sp³-hybridized carbons (Fsp3) is 0. The van der Waals surface area contributed by atoms with Crippen molar-refractivity contribution < 1.29 is 14.3 Å². The van der Waals surface area contributed by atoms with E-state index in [9.17, 15) is 0 Å². The van der Waals surface area contributed by atoms with Crippen molar-refractivity contribution in [1.82, 2.24) is 0 Å². The van der Waals surface area contributed by atoms with Gasteiger partial charge in [-0.1, -0.05) is 315 Å². The highest BCUT2D eigenvalue weighted by Gasteiger charge is 2.37. The van der Waals surface area contributed by atoms with E-state index in [1.165, 1.54) is 0 Å². The number of ketones is 2. The molecule has 0 fully saturated rings. The molecule has 0 saturated heterocycles. The van der Waals surface area contributed by atoms with Gasteiger partial charge >= 0.3 is 0 Å². The van der Waals surface area contributed by atoms with E-state index < -0.39 is 0 Å². The van der Waals surface area contributed by atoms with Crippen LogP contribution in [0.25, 0.3) is 90.1 Å². The molecule has 12 aromatic rings.